The Labute approximate surface area is 59.2 Å². The quantitative estimate of drug-likeness (QED) is 0.611. The molecule has 4 nitrogen and oxygen atoms in total. The smallest absolute Gasteiger partial charge is 0.405 e. The van der Waals surface area contributed by atoms with Crippen molar-refractivity contribution in [2.75, 3.05) is 0 Å². The van der Waals surface area contributed by atoms with Crippen LogP contribution in [0.1, 0.15) is 20.3 Å². The Morgan fingerprint density at radius 1 is 1.60 bits per heavy atom. The van der Waals surface area contributed by atoms with Crippen molar-refractivity contribution in [2.45, 2.75) is 26.3 Å². The molecule has 0 heterocycles. The Hall–Kier alpha value is -1.06. The number of hydrogen-bond acceptors (Lipinski definition) is 2. The molecule has 0 fully saturated rings. The number of carbonyl (C=O) groups excluding carboxylic acids is 1. The summed E-state index contributed by atoms with van der Waals surface area (Å²) in [6, 6.07) is -0.581. The van der Waals surface area contributed by atoms with Crippen molar-refractivity contribution >= 4 is 11.9 Å². The summed E-state index contributed by atoms with van der Waals surface area (Å²) in [6.45, 7) is 3.22. The molecule has 0 aliphatic rings. The Morgan fingerprint density at radius 3 is 2.40 bits per heavy atom. The lowest BCUT2D eigenvalue weighted by atomic mass is 10.2. The first-order chi connectivity index (χ1) is 4.57. The Balaban J connectivity index is 3.72. The minimum absolute atomic E-state index is 0.0950. The van der Waals surface area contributed by atoms with Crippen LogP contribution >= 0.6 is 0 Å². The van der Waals surface area contributed by atoms with Crippen molar-refractivity contribution in [1.82, 2.24) is 5.32 Å². The summed E-state index contributed by atoms with van der Waals surface area (Å²) in [7, 11) is 0. The molecule has 10 heavy (non-hydrogen) atoms. The van der Waals surface area contributed by atoms with Crippen molar-refractivity contribution < 1.29 is 14.7 Å². The van der Waals surface area contributed by atoms with Gasteiger partial charge in [0, 0.05) is 6.42 Å². The third kappa shape index (κ3) is 3.06. The van der Waals surface area contributed by atoms with Crippen LogP contribution in [0.4, 0.5) is 4.79 Å². The third-order valence-corrected chi connectivity index (χ3v) is 1.17. The van der Waals surface area contributed by atoms with Crippen molar-refractivity contribution in [3.8, 4) is 0 Å². The molecule has 0 saturated carbocycles. The maximum absolute atomic E-state index is 10.7. The number of ketones is 1. The van der Waals surface area contributed by atoms with Gasteiger partial charge in [-0.1, -0.05) is 6.92 Å². The molecule has 1 unspecified atom stereocenters. The van der Waals surface area contributed by atoms with Crippen LogP contribution in [0.15, 0.2) is 0 Å². The van der Waals surface area contributed by atoms with Crippen LogP contribution in [-0.2, 0) is 4.79 Å². The molecule has 0 bridgehead atoms. The zero-order valence-corrected chi connectivity index (χ0v) is 6.05. The zero-order valence-electron chi connectivity index (χ0n) is 6.05. The van der Waals surface area contributed by atoms with E-state index in [1.54, 1.807) is 6.92 Å². The normalized spacial score (nSPS) is 12.2. The summed E-state index contributed by atoms with van der Waals surface area (Å²) in [4.78, 5) is 20.7. The summed E-state index contributed by atoms with van der Waals surface area (Å²) >= 11 is 0. The van der Waals surface area contributed by atoms with Crippen LogP contribution < -0.4 is 5.32 Å². The van der Waals surface area contributed by atoms with E-state index in [1.807, 2.05) is 0 Å². The molecule has 1 amide bonds. The molecular formula is C6H11NO3. The van der Waals surface area contributed by atoms with Gasteiger partial charge in [-0.2, -0.15) is 0 Å². The minimum Gasteiger partial charge on any atom is -0.465 e. The molecule has 0 radical (unpaired) electrons. The van der Waals surface area contributed by atoms with Crippen LogP contribution in [-0.4, -0.2) is 23.0 Å². The van der Waals surface area contributed by atoms with Gasteiger partial charge in [0.15, 0.2) is 5.78 Å². The van der Waals surface area contributed by atoms with Gasteiger partial charge >= 0.3 is 6.09 Å². The highest BCUT2D eigenvalue weighted by molar-refractivity contribution is 5.86. The fourth-order valence-electron chi connectivity index (χ4n) is 0.572. The van der Waals surface area contributed by atoms with E-state index < -0.39 is 12.1 Å². The van der Waals surface area contributed by atoms with Crippen molar-refractivity contribution in [1.29, 1.82) is 0 Å². The first-order valence-corrected chi connectivity index (χ1v) is 3.10. The van der Waals surface area contributed by atoms with Gasteiger partial charge in [-0.15, -0.1) is 0 Å². The number of nitrogens with one attached hydrogen (secondary N) is 1. The molecule has 0 saturated heterocycles. The fraction of sp³-hybridized carbons (Fsp3) is 0.667. The second-order valence-electron chi connectivity index (χ2n) is 1.99. The van der Waals surface area contributed by atoms with Gasteiger partial charge in [0.1, 0.15) is 0 Å². The van der Waals surface area contributed by atoms with Gasteiger partial charge in [-0.05, 0) is 6.92 Å². The van der Waals surface area contributed by atoms with Gasteiger partial charge in [0.05, 0.1) is 6.04 Å². The van der Waals surface area contributed by atoms with E-state index in [4.69, 9.17) is 5.11 Å². The van der Waals surface area contributed by atoms with Crippen molar-refractivity contribution in [3.63, 3.8) is 0 Å². The molecule has 4 heteroatoms. The van der Waals surface area contributed by atoms with Crippen molar-refractivity contribution in [3.05, 3.63) is 0 Å². The summed E-state index contributed by atoms with van der Waals surface area (Å²) < 4.78 is 0. The topological polar surface area (TPSA) is 66.4 Å². The largest absolute Gasteiger partial charge is 0.465 e. The maximum Gasteiger partial charge on any atom is 0.405 e. The van der Waals surface area contributed by atoms with Crippen LogP contribution in [0.5, 0.6) is 0 Å². The highest BCUT2D eigenvalue weighted by Gasteiger charge is 2.11. The second-order valence-corrected chi connectivity index (χ2v) is 1.99. The van der Waals surface area contributed by atoms with Crippen LogP contribution in [0, 0.1) is 0 Å². The van der Waals surface area contributed by atoms with Gasteiger partial charge < -0.3 is 10.4 Å². The van der Waals surface area contributed by atoms with E-state index in [9.17, 15) is 9.59 Å². The number of carboxylic acid groups (broad SMARTS) is 1. The lowest BCUT2D eigenvalue weighted by molar-refractivity contribution is -0.120. The average molecular weight is 145 g/mol. The van der Waals surface area contributed by atoms with E-state index in [-0.39, 0.29) is 5.78 Å². The number of amides is 1. The molecule has 1 atom stereocenters. The summed E-state index contributed by atoms with van der Waals surface area (Å²) in [5.41, 5.74) is 0. The lowest BCUT2D eigenvalue weighted by Gasteiger charge is -2.07. The highest BCUT2D eigenvalue weighted by atomic mass is 16.4. The van der Waals surface area contributed by atoms with Crippen LogP contribution in [0.2, 0.25) is 0 Å². The molecule has 0 aromatic rings. The third-order valence-electron chi connectivity index (χ3n) is 1.17. The zero-order chi connectivity index (χ0) is 8.15. The molecule has 0 aliphatic heterocycles. The van der Waals surface area contributed by atoms with E-state index in [0.717, 1.165) is 0 Å². The van der Waals surface area contributed by atoms with Gasteiger partial charge in [0.25, 0.3) is 0 Å². The average Bonchev–Trinajstić information content (AvgIpc) is 1.85. The summed E-state index contributed by atoms with van der Waals surface area (Å²) in [5, 5.41) is 10.2. The number of Topliss-reactive ketones (excluding diaryl/α,β-unsaturated/α-hetero) is 1. The summed E-state index contributed by atoms with van der Waals surface area (Å²) in [6.07, 6.45) is -0.796. The lowest BCUT2D eigenvalue weighted by Crippen LogP contribution is -2.37. The standard InChI is InChI=1S/C6H11NO3/c1-3-5(8)4(2)7-6(9)10/h4,7H,3H2,1-2H3,(H,9,10). The van der Waals surface area contributed by atoms with E-state index in [1.165, 1.54) is 6.92 Å². The predicted molar refractivity (Wildman–Crippen MR) is 35.9 cm³/mol. The Morgan fingerprint density at radius 2 is 2.10 bits per heavy atom. The summed E-state index contributed by atoms with van der Waals surface area (Å²) in [5.74, 6) is -0.0950. The van der Waals surface area contributed by atoms with Gasteiger partial charge in [0.2, 0.25) is 0 Å². The molecule has 58 valence electrons. The molecule has 0 aromatic heterocycles. The monoisotopic (exact) mass is 145 g/mol. The molecule has 2 N–H and O–H groups in total. The second kappa shape index (κ2) is 3.87. The molecule has 0 spiro atoms. The molecule has 0 aromatic carbocycles. The Bertz CT molecular complexity index is 144. The van der Waals surface area contributed by atoms with Crippen LogP contribution in [0.3, 0.4) is 0 Å². The van der Waals surface area contributed by atoms with Crippen molar-refractivity contribution in [2.24, 2.45) is 0 Å². The van der Waals surface area contributed by atoms with E-state index >= 15 is 0 Å². The SMILES string of the molecule is CCC(=O)C(C)NC(=O)O. The van der Waals surface area contributed by atoms with Gasteiger partial charge in [-0.3, -0.25) is 4.79 Å². The maximum atomic E-state index is 10.7. The van der Waals surface area contributed by atoms with Crippen LogP contribution in [0.25, 0.3) is 0 Å². The number of rotatable bonds is 3. The predicted octanol–water partition coefficient (Wildman–Crippen LogP) is 0.622. The number of hydrogen-bond donors (Lipinski definition) is 2. The molecular weight excluding hydrogens is 134 g/mol. The van der Waals surface area contributed by atoms with Gasteiger partial charge in [-0.25, -0.2) is 4.79 Å². The van der Waals surface area contributed by atoms with E-state index in [2.05, 4.69) is 5.32 Å². The highest BCUT2D eigenvalue weighted by Crippen LogP contribution is 1.88. The molecule has 0 rings (SSSR count). The number of carbonyl (C=O) groups is 2. The minimum atomic E-state index is -1.16. The first-order valence-electron chi connectivity index (χ1n) is 3.10. The van der Waals surface area contributed by atoms with E-state index in [0.29, 0.717) is 6.42 Å². The Kier molecular flexibility index (Phi) is 3.46. The molecule has 0 aliphatic carbocycles. The first kappa shape index (κ1) is 8.94. The fourth-order valence-corrected chi connectivity index (χ4v) is 0.572.